The molecule has 1 aliphatic carbocycles. The number of fused-ring (bicyclic) bond motifs is 1. The highest BCUT2D eigenvalue weighted by Gasteiger charge is 2.29. The van der Waals surface area contributed by atoms with Crippen LogP contribution in [0.5, 0.6) is 0 Å². The average molecular weight is 396 g/mol. The molecule has 5 heteroatoms. The third-order valence-corrected chi connectivity index (χ3v) is 7.09. The zero-order valence-electron chi connectivity index (χ0n) is 16.4. The van der Waals surface area contributed by atoms with E-state index in [0.29, 0.717) is 11.3 Å². The first-order valence-electron chi connectivity index (χ1n) is 10.3. The van der Waals surface area contributed by atoms with Gasteiger partial charge in [-0.2, -0.15) is 0 Å². The normalized spacial score (nSPS) is 22.5. The third-order valence-electron chi connectivity index (χ3n) is 5.85. The van der Waals surface area contributed by atoms with Crippen molar-refractivity contribution < 1.29 is 4.79 Å². The standard InChI is InChI=1S/C23H29N3OS/c1-16-6-2-3-7-18(16)23(27)25-21-10-11-22(20-9-5-4-8-19(20)21)28-26-17-12-14-24-15-13-17/h2-9,17,21-22,24,26H,10-15H2,1H3,(H,25,27). The van der Waals surface area contributed by atoms with Crippen LogP contribution in [0.25, 0.3) is 0 Å². The number of hydrogen-bond donors (Lipinski definition) is 3. The quantitative estimate of drug-likeness (QED) is 0.661. The van der Waals surface area contributed by atoms with Gasteiger partial charge in [0.1, 0.15) is 0 Å². The van der Waals surface area contributed by atoms with E-state index in [1.807, 2.05) is 43.1 Å². The van der Waals surface area contributed by atoms with Gasteiger partial charge in [0.25, 0.3) is 5.91 Å². The second kappa shape index (κ2) is 9.12. The summed E-state index contributed by atoms with van der Waals surface area (Å²) in [7, 11) is 0. The Morgan fingerprint density at radius 3 is 2.46 bits per heavy atom. The van der Waals surface area contributed by atoms with Gasteiger partial charge in [0, 0.05) is 16.9 Å². The number of carbonyl (C=O) groups is 1. The molecule has 0 spiro atoms. The van der Waals surface area contributed by atoms with Gasteiger partial charge in [-0.1, -0.05) is 54.4 Å². The molecule has 1 heterocycles. The van der Waals surface area contributed by atoms with Gasteiger partial charge in [0.15, 0.2) is 0 Å². The van der Waals surface area contributed by atoms with Gasteiger partial charge in [-0.05, 0) is 68.5 Å². The van der Waals surface area contributed by atoms with Crippen molar-refractivity contribution in [3.8, 4) is 0 Å². The molecule has 2 aliphatic rings. The zero-order valence-corrected chi connectivity index (χ0v) is 17.2. The molecule has 0 radical (unpaired) electrons. The Hall–Kier alpha value is -1.82. The van der Waals surface area contributed by atoms with Gasteiger partial charge in [-0.15, -0.1) is 0 Å². The Balaban J connectivity index is 1.45. The van der Waals surface area contributed by atoms with Crippen molar-refractivity contribution in [1.82, 2.24) is 15.4 Å². The lowest BCUT2D eigenvalue weighted by Gasteiger charge is -2.33. The number of carbonyl (C=O) groups excluding carboxylic acids is 1. The summed E-state index contributed by atoms with van der Waals surface area (Å²) in [6.45, 7) is 4.20. The maximum atomic E-state index is 12.8. The van der Waals surface area contributed by atoms with E-state index < -0.39 is 0 Å². The molecule has 28 heavy (non-hydrogen) atoms. The van der Waals surface area contributed by atoms with Crippen molar-refractivity contribution in [2.75, 3.05) is 13.1 Å². The number of nitrogens with one attached hydrogen (secondary N) is 3. The maximum Gasteiger partial charge on any atom is 0.252 e. The molecule has 2 aromatic rings. The first kappa shape index (κ1) is 19.5. The number of rotatable bonds is 5. The Bertz CT molecular complexity index is 819. The molecule has 4 rings (SSSR count). The van der Waals surface area contributed by atoms with Crippen LogP contribution in [0, 0.1) is 6.92 Å². The van der Waals surface area contributed by atoms with Crippen LogP contribution in [0.4, 0.5) is 0 Å². The Morgan fingerprint density at radius 2 is 1.68 bits per heavy atom. The van der Waals surface area contributed by atoms with Crippen molar-refractivity contribution in [2.24, 2.45) is 0 Å². The zero-order chi connectivity index (χ0) is 19.3. The highest BCUT2D eigenvalue weighted by Crippen LogP contribution is 2.43. The van der Waals surface area contributed by atoms with E-state index in [4.69, 9.17) is 0 Å². The van der Waals surface area contributed by atoms with Gasteiger partial charge in [0.05, 0.1) is 6.04 Å². The minimum absolute atomic E-state index is 0.0248. The summed E-state index contributed by atoms with van der Waals surface area (Å²) in [5.74, 6) is 0.0248. The topological polar surface area (TPSA) is 53.2 Å². The monoisotopic (exact) mass is 395 g/mol. The Morgan fingerprint density at radius 1 is 0.964 bits per heavy atom. The molecule has 0 aromatic heterocycles. The highest BCUT2D eigenvalue weighted by atomic mass is 32.2. The van der Waals surface area contributed by atoms with Crippen LogP contribution in [0.1, 0.15) is 64.0 Å². The van der Waals surface area contributed by atoms with Gasteiger partial charge in [-0.25, -0.2) is 0 Å². The molecule has 1 amide bonds. The van der Waals surface area contributed by atoms with Crippen LogP contribution < -0.4 is 15.4 Å². The molecule has 2 unspecified atom stereocenters. The summed E-state index contributed by atoms with van der Waals surface area (Å²) in [5, 5.41) is 7.14. The summed E-state index contributed by atoms with van der Waals surface area (Å²) in [6, 6.07) is 17.1. The van der Waals surface area contributed by atoms with E-state index in [0.717, 1.165) is 37.1 Å². The van der Waals surface area contributed by atoms with Gasteiger partial charge in [0.2, 0.25) is 0 Å². The van der Waals surface area contributed by atoms with E-state index >= 15 is 0 Å². The molecule has 4 nitrogen and oxygen atoms in total. The predicted molar refractivity (Wildman–Crippen MR) is 116 cm³/mol. The second-order valence-corrected chi connectivity index (χ2v) is 8.84. The van der Waals surface area contributed by atoms with Gasteiger partial charge >= 0.3 is 0 Å². The molecule has 0 saturated carbocycles. The molecule has 148 valence electrons. The van der Waals surface area contributed by atoms with E-state index in [2.05, 4.69) is 39.6 Å². The van der Waals surface area contributed by atoms with E-state index in [1.54, 1.807) is 0 Å². The smallest absolute Gasteiger partial charge is 0.252 e. The van der Waals surface area contributed by atoms with Gasteiger partial charge < -0.3 is 10.6 Å². The fraction of sp³-hybridized carbons (Fsp3) is 0.435. The van der Waals surface area contributed by atoms with Crippen molar-refractivity contribution >= 4 is 17.9 Å². The predicted octanol–water partition coefficient (Wildman–Crippen LogP) is 4.29. The van der Waals surface area contributed by atoms with Crippen LogP contribution in [-0.2, 0) is 0 Å². The number of aryl methyl sites for hydroxylation is 1. The lowest BCUT2D eigenvalue weighted by atomic mass is 9.87. The maximum absolute atomic E-state index is 12.8. The Kier molecular flexibility index (Phi) is 6.35. The van der Waals surface area contributed by atoms with Crippen LogP contribution in [0.2, 0.25) is 0 Å². The molecule has 0 bridgehead atoms. The SMILES string of the molecule is Cc1ccccc1C(=O)NC1CCC(SNC2CCNCC2)c2ccccc21. The number of piperidine rings is 1. The number of hydrogen-bond acceptors (Lipinski definition) is 4. The van der Waals surface area contributed by atoms with Gasteiger partial charge in [-0.3, -0.25) is 9.52 Å². The number of benzene rings is 2. The fourth-order valence-electron chi connectivity index (χ4n) is 4.20. The first-order chi connectivity index (χ1) is 13.7. The first-order valence-corrected chi connectivity index (χ1v) is 11.2. The fourth-order valence-corrected chi connectivity index (χ4v) is 5.39. The summed E-state index contributed by atoms with van der Waals surface area (Å²) >= 11 is 1.88. The molecule has 3 N–H and O–H groups in total. The van der Waals surface area contributed by atoms with Crippen LogP contribution in [-0.4, -0.2) is 25.0 Å². The minimum Gasteiger partial charge on any atom is -0.345 e. The lowest BCUT2D eigenvalue weighted by Crippen LogP contribution is -2.38. The van der Waals surface area contributed by atoms with Crippen LogP contribution in [0.3, 0.4) is 0 Å². The molecule has 2 aromatic carbocycles. The van der Waals surface area contributed by atoms with Crippen molar-refractivity contribution in [1.29, 1.82) is 0 Å². The van der Waals surface area contributed by atoms with Crippen molar-refractivity contribution in [3.63, 3.8) is 0 Å². The molecular formula is C23H29N3OS. The summed E-state index contributed by atoms with van der Waals surface area (Å²) in [5.41, 5.74) is 4.41. The second-order valence-electron chi connectivity index (χ2n) is 7.80. The van der Waals surface area contributed by atoms with E-state index in [-0.39, 0.29) is 11.9 Å². The number of amides is 1. The summed E-state index contributed by atoms with van der Waals surface area (Å²) in [4.78, 5) is 12.8. The molecule has 1 fully saturated rings. The lowest BCUT2D eigenvalue weighted by molar-refractivity contribution is 0.0932. The Labute approximate surface area is 172 Å². The molecule has 2 atom stereocenters. The molecule has 1 aliphatic heterocycles. The van der Waals surface area contributed by atoms with E-state index in [1.165, 1.54) is 24.0 Å². The molecular weight excluding hydrogens is 366 g/mol. The highest BCUT2D eigenvalue weighted by molar-refractivity contribution is 7.97. The van der Waals surface area contributed by atoms with Crippen LogP contribution in [0.15, 0.2) is 48.5 Å². The minimum atomic E-state index is 0.0248. The molecule has 1 saturated heterocycles. The van der Waals surface area contributed by atoms with Crippen molar-refractivity contribution in [3.05, 3.63) is 70.8 Å². The van der Waals surface area contributed by atoms with Crippen molar-refractivity contribution in [2.45, 2.75) is 49.9 Å². The summed E-state index contributed by atoms with van der Waals surface area (Å²) < 4.78 is 3.71. The summed E-state index contributed by atoms with van der Waals surface area (Å²) in [6.07, 6.45) is 4.42. The largest absolute Gasteiger partial charge is 0.345 e. The van der Waals surface area contributed by atoms with E-state index in [9.17, 15) is 4.79 Å². The van der Waals surface area contributed by atoms with Crippen LogP contribution >= 0.6 is 11.9 Å². The average Bonchev–Trinajstić information content (AvgIpc) is 2.74. The third kappa shape index (κ3) is 4.43.